The number of hydrogen-bond acceptors (Lipinski definition) is 9. The summed E-state index contributed by atoms with van der Waals surface area (Å²) < 4.78 is 21.6. The summed E-state index contributed by atoms with van der Waals surface area (Å²) in [7, 11) is 0. The molecule has 0 aliphatic carbocycles. The van der Waals surface area contributed by atoms with Crippen molar-refractivity contribution in [3.05, 3.63) is 108 Å². The summed E-state index contributed by atoms with van der Waals surface area (Å²) in [4.78, 5) is 37.6. The molecule has 4 atom stereocenters. The van der Waals surface area contributed by atoms with Crippen LogP contribution in [0.4, 0.5) is 4.79 Å². The first-order chi connectivity index (χ1) is 17.5. The Balaban J connectivity index is 1.44. The number of esters is 2. The van der Waals surface area contributed by atoms with Gasteiger partial charge in [-0.1, -0.05) is 66.7 Å². The molecule has 0 bridgehead atoms. The molecule has 8 nitrogen and oxygen atoms in total. The van der Waals surface area contributed by atoms with Gasteiger partial charge >= 0.3 is 18.1 Å². The number of benzene rings is 3. The van der Waals surface area contributed by atoms with Gasteiger partial charge in [0.15, 0.2) is 12.2 Å². The third-order valence-electron chi connectivity index (χ3n) is 5.36. The summed E-state index contributed by atoms with van der Waals surface area (Å²) in [6.45, 7) is -0.205. The summed E-state index contributed by atoms with van der Waals surface area (Å²) in [5, 5.41) is 9.94. The van der Waals surface area contributed by atoms with E-state index >= 15 is 0 Å². The van der Waals surface area contributed by atoms with Crippen molar-refractivity contribution < 1.29 is 38.4 Å². The first-order valence-corrected chi connectivity index (χ1v) is 12.1. The van der Waals surface area contributed by atoms with Crippen LogP contribution in [0.3, 0.4) is 0 Å². The lowest BCUT2D eigenvalue weighted by molar-refractivity contribution is -0.0675. The number of aliphatic hydroxyl groups is 1. The van der Waals surface area contributed by atoms with E-state index in [0.717, 1.165) is 17.3 Å². The molecule has 1 fully saturated rings. The van der Waals surface area contributed by atoms with Crippen LogP contribution in [0.5, 0.6) is 0 Å². The molecule has 4 rings (SSSR count). The van der Waals surface area contributed by atoms with Crippen molar-refractivity contribution in [3.63, 3.8) is 0 Å². The second-order valence-electron chi connectivity index (χ2n) is 7.87. The van der Waals surface area contributed by atoms with Crippen LogP contribution in [0.15, 0.2) is 91.0 Å². The van der Waals surface area contributed by atoms with E-state index in [2.05, 4.69) is 0 Å². The van der Waals surface area contributed by atoms with Gasteiger partial charge in [-0.15, -0.1) is 11.8 Å². The highest BCUT2D eigenvalue weighted by Gasteiger charge is 2.49. The topological polar surface area (TPSA) is 108 Å². The SMILES string of the molecule is O=C(OCc1ccccc1)O[C@@H]1C(O)S[C@@H](COC(=O)c2ccccc2)[C@@H]1OC(=O)c1ccccc1. The quantitative estimate of drug-likeness (QED) is 0.353. The Morgan fingerprint density at radius 1 is 0.694 bits per heavy atom. The van der Waals surface area contributed by atoms with Crippen molar-refractivity contribution in [3.8, 4) is 0 Å². The number of carbonyl (C=O) groups excluding carboxylic acids is 3. The molecular weight excluding hydrogens is 484 g/mol. The molecule has 0 radical (unpaired) electrons. The zero-order valence-corrected chi connectivity index (χ0v) is 19.9. The molecular formula is C27H24O8S. The maximum Gasteiger partial charge on any atom is 0.509 e. The summed E-state index contributed by atoms with van der Waals surface area (Å²) in [5.74, 6) is -1.23. The standard InChI is InChI=1S/C27H24O8S/c28-24(19-12-6-2-7-13-19)32-17-21-22(34-25(29)20-14-8-3-9-15-20)23(26(30)36-21)35-27(31)33-16-18-10-4-1-5-11-18/h1-15,21-23,26,30H,16-17H2/t21-,22-,23-,26?/m0/s1. The largest absolute Gasteiger partial charge is 0.509 e. The molecule has 0 amide bonds. The summed E-state index contributed by atoms with van der Waals surface area (Å²) in [6, 6.07) is 25.7. The van der Waals surface area contributed by atoms with Gasteiger partial charge in [0.2, 0.25) is 0 Å². The van der Waals surface area contributed by atoms with Crippen LogP contribution in [0.25, 0.3) is 0 Å². The molecule has 1 aliphatic heterocycles. The van der Waals surface area contributed by atoms with Crippen LogP contribution in [0.1, 0.15) is 26.3 Å². The van der Waals surface area contributed by atoms with Crippen LogP contribution < -0.4 is 0 Å². The van der Waals surface area contributed by atoms with Crippen molar-refractivity contribution in [2.24, 2.45) is 0 Å². The van der Waals surface area contributed by atoms with E-state index in [4.69, 9.17) is 18.9 Å². The van der Waals surface area contributed by atoms with Crippen LogP contribution in [0, 0.1) is 0 Å². The average Bonchev–Trinajstić information content (AvgIpc) is 3.21. The van der Waals surface area contributed by atoms with Crippen LogP contribution in [-0.4, -0.2) is 52.7 Å². The second kappa shape index (κ2) is 12.2. The Morgan fingerprint density at radius 3 is 1.86 bits per heavy atom. The van der Waals surface area contributed by atoms with E-state index in [1.165, 1.54) is 0 Å². The van der Waals surface area contributed by atoms with E-state index in [1.54, 1.807) is 72.8 Å². The second-order valence-corrected chi connectivity index (χ2v) is 9.23. The van der Waals surface area contributed by atoms with Crippen molar-refractivity contribution in [1.82, 2.24) is 0 Å². The first kappa shape index (κ1) is 25.3. The zero-order chi connectivity index (χ0) is 25.3. The third kappa shape index (κ3) is 6.65. The molecule has 36 heavy (non-hydrogen) atoms. The smallest absolute Gasteiger partial charge is 0.461 e. The fourth-order valence-electron chi connectivity index (χ4n) is 3.55. The Bertz CT molecular complexity index is 1160. The lowest BCUT2D eigenvalue weighted by Crippen LogP contribution is -2.42. The molecule has 1 saturated heterocycles. The molecule has 3 aromatic carbocycles. The van der Waals surface area contributed by atoms with Crippen molar-refractivity contribution in [1.29, 1.82) is 0 Å². The Kier molecular flexibility index (Phi) is 8.59. The minimum Gasteiger partial charge on any atom is -0.461 e. The number of ether oxygens (including phenoxy) is 4. The van der Waals surface area contributed by atoms with Gasteiger partial charge in [0.1, 0.15) is 18.6 Å². The van der Waals surface area contributed by atoms with Crippen molar-refractivity contribution >= 4 is 29.9 Å². The molecule has 186 valence electrons. The number of carbonyl (C=O) groups is 3. The minimum atomic E-state index is -1.23. The lowest BCUT2D eigenvalue weighted by Gasteiger charge is -2.24. The van der Waals surface area contributed by atoms with Gasteiger partial charge < -0.3 is 24.1 Å². The van der Waals surface area contributed by atoms with Crippen LogP contribution in [0.2, 0.25) is 0 Å². The molecule has 1 aliphatic rings. The summed E-state index contributed by atoms with van der Waals surface area (Å²) in [5.41, 5.74) is 0.169. The molecule has 1 N–H and O–H groups in total. The van der Waals surface area contributed by atoms with E-state index in [-0.39, 0.29) is 18.8 Å². The molecule has 1 unspecified atom stereocenters. The fourth-order valence-corrected chi connectivity index (χ4v) is 4.79. The van der Waals surface area contributed by atoms with Gasteiger partial charge in [-0.2, -0.15) is 0 Å². The predicted molar refractivity (Wildman–Crippen MR) is 131 cm³/mol. The Hall–Kier alpha value is -3.82. The molecule has 1 heterocycles. The minimum absolute atomic E-state index is 0.0256. The highest BCUT2D eigenvalue weighted by molar-refractivity contribution is 8.00. The summed E-state index contributed by atoms with van der Waals surface area (Å²) in [6.07, 6.45) is -3.34. The van der Waals surface area contributed by atoms with Gasteiger partial charge in [-0.3, -0.25) is 0 Å². The highest BCUT2D eigenvalue weighted by atomic mass is 32.2. The number of rotatable bonds is 8. The average molecular weight is 509 g/mol. The van der Waals surface area contributed by atoms with E-state index in [1.807, 2.05) is 18.2 Å². The Morgan fingerprint density at radius 2 is 1.25 bits per heavy atom. The number of thioether (sulfide) groups is 1. The maximum atomic E-state index is 12.8. The van der Waals surface area contributed by atoms with E-state index in [9.17, 15) is 19.5 Å². The number of aliphatic hydroxyl groups excluding tert-OH is 1. The molecule has 0 saturated carbocycles. The molecule has 9 heteroatoms. The van der Waals surface area contributed by atoms with Gasteiger partial charge in [0.05, 0.1) is 16.4 Å². The normalized spacial score (nSPS) is 20.8. The predicted octanol–water partition coefficient (Wildman–Crippen LogP) is 4.22. The van der Waals surface area contributed by atoms with Crippen molar-refractivity contribution in [2.45, 2.75) is 29.5 Å². The molecule has 3 aromatic rings. The van der Waals surface area contributed by atoms with Gasteiger partial charge in [0.25, 0.3) is 0 Å². The zero-order valence-electron chi connectivity index (χ0n) is 19.1. The molecule has 0 aromatic heterocycles. The number of hydrogen-bond donors (Lipinski definition) is 1. The fraction of sp³-hybridized carbons (Fsp3) is 0.222. The van der Waals surface area contributed by atoms with Crippen LogP contribution >= 0.6 is 11.8 Å². The van der Waals surface area contributed by atoms with E-state index in [0.29, 0.717) is 5.56 Å². The third-order valence-corrected chi connectivity index (χ3v) is 6.66. The first-order valence-electron chi connectivity index (χ1n) is 11.2. The monoisotopic (exact) mass is 508 g/mol. The highest BCUT2D eigenvalue weighted by Crippen LogP contribution is 2.37. The van der Waals surface area contributed by atoms with E-state index < -0.39 is 41.0 Å². The Labute approximate surface area is 212 Å². The van der Waals surface area contributed by atoms with Crippen LogP contribution in [-0.2, 0) is 25.6 Å². The van der Waals surface area contributed by atoms with Gasteiger partial charge in [0, 0.05) is 0 Å². The van der Waals surface area contributed by atoms with Crippen molar-refractivity contribution in [2.75, 3.05) is 6.61 Å². The molecule has 0 spiro atoms. The van der Waals surface area contributed by atoms with Gasteiger partial charge in [-0.05, 0) is 29.8 Å². The lowest BCUT2D eigenvalue weighted by atomic mass is 10.1. The maximum absolute atomic E-state index is 12.8. The summed E-state index contributed by atoms with van der Waals surface area (Å²) >= 11 is 0.981. The van der Waals surface area contributed by atoms with Gasteiger partial charge in [-0.25, -0.2) is 14.4 Å².